The molecular formula is C14H17FN4O2. The molecular weight excluding hydrogens is 275 g/mol. The molecule has 1 saturated heterocycles. The molecule has 0 aliphatic carbocycles. The lowest BCUT2D eigenvalue weighted by atomic mass is 9.97. The van der Waals surface area contributed by atoms with Crippen molar-refractivity contribution >= 4 is 0 Å². The number of hydrogen-bond acceptors (Lipinski definition) is 6. The van der Waals surface area contributed by atoms with Gasteiger partial charge in [-0.15, -0.1) is 0 Å². The zero-order valence-corrected chi connectivity index (χ0v) is 11.7. The minimum atomic E-state index is -0.310. The Hall–Kier alpha value is -1.86. The van der Waals surface area contributed by atoms with Gasteiger partial charge in [0, 0.05) is 43.9 Å². The molecule has 1 N–H and O–H groups in total. The summed E-state index contributed by atoms with van der Waals surface area (Å²) in [4.78, 5) is 10.1. The van der Waals surface area contributed by atoms with E-state index in [9.17, 15) is 9.50 Å². The smallest absolute Gasteiger partial charge is 0.231 e. The van der Waals surface area contributed by atoms with Crippen LogP contribution in [0.25, 0.3) is 0 Å². The molecule has 2 aromatic rings. The monoisotopic (exact) mass is 292 g/mol. The van der Waals surface area contributed by atoms with Crippen molar-refractivity contribution < 1.29 is 14.0 Å². The predicted octanol–water partition coefficient (Wildman–Crippen LogP) is 1.12. The molecule has 3 heterocycles. The molecule has 2 atom stereocenters. The van der Waals surface area contributed by atoms with Gasteiger partial charge in [0.2, 0.25) is 5.89 Å². The van der Waals surface area contributed by atoms with Gasteiger partial charge >= 0.3 is 0 Å². The van der Waals surface area contributed by atoms with Crippen LogP contribution in [0.5, 0.6) is 0 Å². The highest BCUT2D eigenvalue weighted by Gasteiger charge is 2.37. The second-order valence-corrected chi connectivity index (χ2v) is 5.39. The fourth-order valence-corrected chi connectivity index (χ4v) is 2.79. The second kappa shape index (κ2) is 5.87. The van der Waals surface area contributed by atoms with Crippen LogP contribution in [-0.2, 0) is 6.54 Å². The molecule has 0 unspecified atom stereocenters. The van der Waals surface area contributed by atoms with E-state index in [2.05, 4.69) is 20.0 Å². The molecule has 1 aliphatic rings. The van der Waals surface area contributed by atoms with E-state index in [0.29, 0.717) is 36.9 Å². The number of pyridine rings is 1. The van der Waals surface area contributed by atoms with E-state index < -0.39 is 0 Å². The first-order valence-corrected chi connectivity index (χ1v) is 6.89. The Morgan fingerprint density at radius 1 is 1.48 bits per heavy atom. The molecule has 7 heteroatoms. The molecule has 21 heavy (non-hydrogen) atoms. The number of hydrogen-bond donors (Lipinski definition) is 1. The van der Waals surface area contributed by atoms with E-state index in [1.165, 1.54) is 6.20 Å². The Kier molecular flexibility index (Phi) is 3.94. The van der Waals surface area contributed by atoms with Crippen molar-refractivity contribution in [1.29, 1.82) is 0 Å². The summed E-state index contributed by atoms with van der Waals surface area (Å²) in [6.45, 7) is 3.62. The van der Waals surface area contributed by atoms with Crippen molar-refractivity contribution in [2.45, 2.75) is 19.4 Å². The van der Waals surface area contributed by atoms with Gasteiger partial charge in [0.15, 0.2) is 5.82 Å². The molecule has 3 rings (SSSR count). The maximum absolute atomic E-state index is 13.7. The minimum Gasteiger partial charge on any atom is -0.396 e. The molecule has 6 nitrogen and oxygen atoms in total. The Bertz CT molecular complexity index is 619. The summed E-state index contributed by atoms with van der Waals surface area (Å²) >= 11 is 0. The number of aromatic nitrogens is 3. The minimum absolute atomic E-state index is 0.0129. The lowest BCUT2D eigenvalue weighted by Crippen LogP contribution is -2.21. The number of likely N-dealkylation sites (tertiary alicyclic amines) is 1. The second-order valence-electron chi connectivity index (χ2n) is 5.39. The quantitative estimate of drug-likeness (QED) is 0.910. The highest BCUT2D eigenvalue weighted by Crippen LogP contribution is 2.32. The van der Waals surface area contributed by atoms with Gasteiger partial charge in [-0.3, -0.25) is 9.88 Å². The number of rotatable bonds is 4. The summed E-state index contributed by atoms with van der Waals surface area (Å²) < 4.78 is 18.9. The molecule has 0 radical (unpaired) electrons. The summed E-state index contributed by atoms with van der Waals surface area (Å²) in [6, 6.07) is 1.67. The molecule has 0 saturated carbocycles. The average Bonchev–Trinajstić information content (AvgIpc) is 3.07. The van der Waals surface area contributed by atoms with E-state index >= 15 is 0 Å². The van der Waals surface area contributed by atoms with Gasteiger partial charge in [-0.2, -0.15) is 4.98 Å². The highest BCUT2D eigenvalue weighted by atomic mass is 19.1. The summed E-state index contributed by atoms with van der Waals surface area (Å²) in [5.41, 5.74) is 0.601. The van der Waals surface area contributed by atoms with Crippen LogP contribution in [0.3, 0.4) is 0 Å². The number of aryl methyl sites for hydroxylation is 1. The molecule has 0 amide bonds. The first-order valence-electron chi connectivity index (χ1n) is 6.89. The van der Waals surface area contributed by atoms with E-state index in [1.807, 2.05) is 0 Å². The van der Waals surface area contributed by atoms with Gasteiger partial charge in [-0.05, 0) is 13.0 Å². The average molecular weight is 292 g/mol. The Labute approximate surface area is 121 Å². The normalized spacial score (nSPS) is 22.8. The maximum atomic E-state index is 13.7. The van der Waals surface area contributed by atoms with Crippen LogP contribution >= 0.6 is 0 Å². The van der Waals surface area contributed by atoms with Crippen molar-refractivity contribution in [3.8, 4) is 0 Å². The number of halogens is 1. The molecule has 0 spiro atoms. The van der Waals surface area contributed by atoms with E-state index in [4.69, 9.17) is 4.52 Å². The Morgan fingerprint density at radius 3 is 3.00 bits per heavy atom. The van der Waals surface area contributed by atoms with E-state index in [1.54, 1.807) is 19.2 Å². The third-order valence-electron chi connectivity index (χ3n) is 3.86. The number of aliphatic hydroxyl groups is 1. The largest absolute Gasteiger partial charge is 0.396 e. The predicted molar refractivity (Wildman–Crippen MR) is 71.8 cm³/mol. The third kappa shape index (κ3) is 2.93. The van der Waals surface area contributed by atoms with E-state index in [-0.39, 0.29) is 24.3 Å². The van der Waals surface area contributed by atoms with Crippen LogP contribution in [-0.4, -0.2) is 44.8 Å². The van der Waals surface area contributed by atoms with Crippen molar-refractivity contribution in [2.75, 3.05) is 19.7 Å². The first kappa shape index (κ1) is 14.1. The Morgan fingerprint density at radius 2 is 2.33 bits per heavy atom. The highest BCUT2D eigenvalue weighted by molar-refractivity contribution is 5.13. The summed E-state index contributed by atoms with van der Waals surface area (Å²) in [5.74, 6) is 0.829. The SMILES string of the molecule is Cc1noc([C@@H]2CN(Cc3ccncc3F)C[C@H]2CO)n1. The standard InChI is InChI=1S/C14H17FN4O2/c1-9-17-14(21-18-9)12-7-19(6-11(12)8-20)5-10-2-3-16-4-13(10)15/h2-4,11-12,20H,5-8H2,1H3/t11-,12+/m0/s1. The zero-order valence-electron chi connectivity index (χ0n) is 11.7. The first-order chi connectivity index (χ1) is 10.2. The fraction of sp³-hybridized carbons (Fsp3) is 0.500. The van der Waals surface area contributed by atoms with Gasteiger partial charge in [-0.1, -0.05) is 5.16 Å². The zero-order chi connectivity index (χ0) is 14.8. The van der Waals surface area contributed by atoms with Gasteiger partial charge in [0.25, 0.3) is 0 Å². The third-order valence-corrected chi connectivity index (χ3v) is 3.86. The molecule has 1 aliphatic heterocycles. The molecule has 1 fully saturated rings. The Balaban J connectivity index is 1.74. The van der Waals surface area contributed by atoms with Gasteiger partial charge in [0.05, 0.1) is 12.1 Å². The van der Waals surface area contributed by atoms with Crippen LogP contribution in [0, 0.1) is 18.7 Å². The summed E-state index contributed by atoms with van der Waals surface area (Å²) in [7, 11) is 0. The maximum Gasteiger partial charge on any atom is 0.231 e. The topological polar surface area (TPSA) is 75.3 Å². The van der Waals surface area contributed by atoms with Gasteiger partial charge in [0.1, 0.15) is 5.82 Å². The summed E-state index contributed by atoms with van der Waals surface area (Å²) in [5, 5.41) is 13.3. The molecule has 0 bridgehead atoms. The van der Waals surface area contributed by atoms with Crippen LogP contribution in [0.15, 0.2) is 23.0 Å². The number of aliphatic hydroxyl groups excluding tert-OH is 1. The van der Waals surface area contributed by atoms with Crippen molar-refractivity contribution in [1.82, 2.24) is 20.0 Å². The van der Waals surface area contributed by atoms with Crippen molar-refractivity contribution in [3.05, 3.63) is 41.6 Å². The van der Waals surface area contributed by atoms with Gasteiger partial charge < -0.3 is 9.63 Å². The van der Waals surface area contributed by atoms with Gasteiger partial charge in [-0.25, -0.2) is 4.39 Å². The van der Waals surface area contributed by atoms with Crippen LogP contribution < -0.4 is 0 Å². The fourth-order valence-electron chi connectivity index (χ4n) is 2.79. The van der Waals surface area contributed by atoms with E-state index in [0.717, 1.165) is 0 Å². The summed E-state index contributed by atoms with van der Waals surface area (Å²) in [6.07, 6.45) is 2.80. The van der Waals surface area contributed by atoms with Crippen LogP contribution in [0.1, 0.15) is 23.2 Å². The molecule has 112 valence electrons. The van der Waals surface area contributed by atoms with Crippen molar-refractivity contribution in [2.24, 2.45) is 5.92 Å². The molecule has 2 aromatic heterocycles. The number of nitrogens with zero attached hydrogens (tertiary/aromatic N) is 4. The van der Waals surface area contributed by atoms with Crippen LogP contribution in [0.2, 0.25) is 0 Å². The molecule has 0 aromatic carbocycles. The lowest BCUT2D eigenvalue weighted by molar-refractivity contribution is 0.204. The van der Waals surface area contributed by atoms with Crippen molar-refractivity contribution in [3.63, 3.8) is 0 Å². The van der Waals surface area contributed by atoms with Crippen LogP contribution in [0.4, 0.5) is 4.39 Å². The lowest BCUT2D eigenvalue weighted by Gasteiger charge is -2.15.